The van der Waals surface area contributed by atoms with Crippen LogP contribution in [0, 0.1) is 0 Å². The van der Waals surface area contributed by atoms with Gasteiger partial charge in [0.2, 0.25) is 0 Å². The van der Waals surface area contributed by atoms with Gasteiger partial charge < -0.3 is 14.8 Å². The molecule has 2 aliphatic heterocycles. The maximum absolute atomic E-state index is 13.6. The Morgan fingerprint density at radius 3 is 2.43 bits per heavy atom. The molecule has 3 aromatic carbocycles. The number of methoxy groups -OCH3 is 1. The lowest BCUT2D eigenvalue weighted by Crippen LogP contribution is -2.58. The zero-order valence-corrected chi connectivity index (χ0v) is 19.1. The fraction of sp³-hybridized carbons (Fsp3) is 0.185. The molecule has 8 heteroatoms. The van der Waals surface area contributed by atoms with Crippen LogP contribution in [-0.2, 0) is 22.7 Å². The highest BCUT2D eigenvalue weighted by Gasteiger charge is 2.53. The normalized spacial score (nSPS) is 16.5. The van der Waals surface area contributed by atoms with Gasteiger partial charge in [-0.25, -0.2) is 4.79 Å². The second kappa shape index (κ2) is 9.42. The molecule has 2 aliphatic rings. The average molecular weight is 471 g/mol. The number of amides is 4. The summed E-state index contributed by atoms with van der Waals surface area (Å²) in [6.07, 6.45) is -0.995. The second-order valence-electron chi connectivity index (χ2n) is 8.28. The third kappa shape index (κ3) is 4.38. The van der Waals surface area contributed by atoms with Gasteiger partial charge in [-0.15, -0.1) is 0 Å². The van der Waals surface area contributed by atoms with E-state index < -0.39 is 18.0 Å². The third-order valence-electron chi connectivity index (χ3n) is 6.03. The molecule has 35 heavy (non-hydrogen) atoms. The molecule has 0 spiro atoms. The van der Waals surface area contributed by atoms with E-state index in [9.17, 15) is 14.4 Å². The summed E-state index contributed by atoms with van der Waals surface area (Å²) in [4.78, 5) is 40.9. The highest BCUT2D eigenvalue weighted by atomic mass is 16.5. The lowest BCUT2D eigenvalue weighted by Gasteiger charge is -2.24. The minimum Gasteiger partial charge on any atom is -0.497 e. The number of hydrogen-bond acceptors (Lipinski definition) is 5. The van der Waals surface area contributed by atoms with Gasteiger partial charge in [-0.2, -0.15) is 14.3 Å². The van der Waals surface area contributed by atoms with E-state index in [1.807, 2.05) is 36.4 Å². The van der Waals surface area contributed by atoms with Crippen molar-refractivity contribution in [3.8, 4) is 11.5 Å². The quantitative estimate of drug-likeness (QED) is 0.537. The first-order valence-electron chi connectivity index (χ1n) is 11.2. The van der Waals surface area contributed by atoms with Crippen molar-refractivity contribution in [2.75, 3.05) is 13.7 Å². The molecule has 5 rings (SSSR count). The lowest BCUT2D eigenvalue weighted by molar-refractivity contribution is -0.429. The van der Waals surface area contributed by atoms with Crippen LogP contribution < -0.4 is 14.8 Å². The van der Waals surface area contributed by atoms with Crippen LogP contribution in [0.25, 0.3) is 0 Å². The summed E-state index contributed by atoms with van der Waals surface area (Å²) in [5.41, 5.74) is 2.73. The fourth-order valence-corrected chi connectivity index (χ4v) is 4.25. The largest absolute Gasteiger partial charge is 0.501 e. The first kappa shape index (κ1) is 22.3. The van der Waals surface area contributed by atoms with Crippen LogP contribution in [0.2, 0.25) is 0 Å². The number of ether oxygens (including phenoxy) is 2. The van der Waals surface area contributed by atoms with Crippen LogP contribution in [0.3, 0.4) is 0 Å². The van der Waals surface area contributed by atoms with E-state index in [0.29, 0.717) is 29.3 Å². The van der Waals surface area contributed by atoms with Gasteiger partial charge in [0.25, 0.3) is 12.0 Å². The van der Waals surface area contributed by atoms with E-state index in [0.717, 1.165) is 16.0 Å². The molecular weight excluding hydrogens is 446 g/mol. The Balaban J connectivity index is 1.44. The van der Waals surface area contributed by atoms with Crippen LogP contribution in [-0.4, -0.2) is 52.8 Å². The number of urea groups is 1. The number of nitrogens with one attached hydrogen (secondary N) is 1. The molecule has 1 unspecified atom stereocenters. The number of hydrogen-bond donors (Lipinski definition) is 1. The third-order valence-corrected chi connectivity index (χ3v) is 6.03. The van der Waals surface area contributed by atoms with Gasteiger partial charge >= 0.3 is 11.9 Å². The minimum absolute atomic E-state index is 0.0489. The standard InChI is InChI=1S/C27H23N3O5/c1-34-20-13-11-19(12-14-20)16-30-26(32)25-24(21-9-5-6-10-22(21)35-25)29(27(30)33)17-23(31)28-15-18-7-3-2-4-8-18/h2-14,25H,15-17H2,1H3/p+1. The van der Waals surface area contributed by atoms with Crippen LogP contribution in [0.4, 0.5) is 4.79 Å². The summed E-state index contributed by atoms with van der Waals surface area (Å²) in [5.74, 6) is 0.385. The Bertz CT molecular complexity index is 1320. The van der Waals surface area contributed by atoms with Gasteiger partial charge in [0.05, 0.1) is 12.7 Å². The smallest absolute Gasteiger partial charge is 0.497 e. The Morgan fingerprint density at radius 2 is 1.69 bits per heavy atom. The molecule has 0 fully saturated rings. The zero-order chi connectivity index (χ0) is 24.4. The SMILES string of the molecule is COc1ccc(CN2C(=O)C3Oc4ccccc4C3=[N+](CC(=O)NCc3ccccc3)C2=O)cc1. The van der Waals surface area contributed by atoms with E-state index in [4.69, 9.17) is 9.47 Å². The number of nitrogens with zero attached hydrogens (tertiary/aromatic N) is 2. The van der Waals surface area contributed by atoms with Gasteiger partial charge in [-0.1, -0.05) is 54.6 Å². The maximum Gasteiger partial charge on any atom is 0.501 e. The molecule has 0 aliphatic carbocycles. The summed E-state index contributed by atoms with van der Waals surface area (Å²) in [6, 6.07) is 23.2. The van der Waals surface area contributed by atoms with Crippen molar-refractivity contribution in [2.24, 2.45) is 0 Å². The molecule has 1 atom stereocenters. The van der Waals surface area contributed by atoms with E-state index in [1.165, 1.54) is 4.58 Å². The Morgan fingerprint density at radius 1 is 0.971 bits per heavy atom. The van der Waals surface area contributed by atoms with Crippen molar-refractivity contribution in [2.45, 2.75) is 19.2 Å². The van der Waals surface area contributed by atoms with E-state index >= 15 is 0 Å². The molecule has 0 saturated carbocycles. The summed E-state index contributed by atoms with van der Waals surface area (Å²) >= 11 is 0. The summed E-state index contributed by atoms with van der Waals surface area (Å²) in [6.45, 7) is 0.150. The van der Waals surface area contributed by atoms with Crippen molar-refractivity contribution in [3.63, 3.8) is 0 Å². The van der Waals surface area contributed by atoms with E-state index in [1.54, 1.807) is 49.6 Å². The Labute approximate surface area is 202 Å². The monoisotopic (exact) mass is 470 g/mol. The molecule has 2 heterocycles. The van der Waals surface area contributed by atoms with Gasteiger partial charge in [-0.3, -0.25) is 4.79 Å². The fourth-order valence-electron chi connectivity index (χ4n) is 4.25. The minimum atomic E-state index is -0.995. The Hall–Kier alpha value is -4.46. The number of rotatable bonds is 7. The molecule has 0 bridgehead atoms. The van der Waals surface area contributed by atoms with E-state index in [-0.39, 0.29) is 19.0 Å². The molecule has 0 aromatic heterocycles. The van der Waals surface area contributed by atoms with Crippen LogP contribution in [0.5, 0.6) is 11.5 Å². The molecule has 8 nitrogen and oxygen atoms in total. The highest BCUT2D eigenvalue weighted by molar-refractivity contribution is 6.22. The van der Waals surface area contributed by atoms with Crippen molar-refractivity contribution in [1.82, 2.24) is 10.2 Å². The van der Waals surface area contributed by atoms with Gasteiger partial charge in [0.15, 0.2) is 12.3 Å². The summed E-state index contributed by atoms with van der Waals surface area (Å²) < 4.78 is 12.5. The molecule has 4 amide bonds. The summed E-state index contributed by atoms with van der Waals surface area (Å²) in [5, 5.41) is 2.85. The number of imide groups is 1. The van der Waals surface area contributed by atoms with Crippen molar-refractivity contribution < 1.29 is 28.4 Å². The molecular formula is C27H24N3O5+. The topological polar surface area (TPSA) is 87.9 Å². The number of carbonyl (C=O) groups excluding carboxylic acids is 3. The van der Waals surface area contributed by atoms with Crippen LogP contribution >= 0.6 is 0 Å². The second-order valence-corrected chi connectivity index (χ2v) is 8.28. The first-order valence-corrected chi connectivity index (χ1v) is 11.2. The number of carbonyl (C=O) groups is 3. The first-order chi connectivity index (χ1) is 17.0. The van der Waals surface area contributed by atoms with Crippen LogP contribution in [0.1, 0.15) is 16.7 Å². The zero-order valence-electron chi connectivity index (χ0n) is 19.1. The van der Waals surface area contributed by atoms with Gasteiger partial charge in [0.1, 0.15) is 18.0 Å². The predicted molar refractivity (Wildman–Crippen MR) is 127 cm³/mol. The number of benzene rings is 3. The van der Waals surface area contributed by atoms with Gasteiger partial charge in [-0.05, 0) is 35.4 Å². The highest BCUT2D eigenvalue weighted by Crippen LogP contribution is 2.32. The van der Waals surface area contributed by atoms with E-state index in [2.05, 4.69) is 5.32 Å². The average Bonchev–Trinajstić information content (AvgIpc) is 3.28. The number of para-hydroxylation sites is 1. The van der Waals surface area contributed by atoms with Crippen molar-refractivity contribution in [1.29, 1.82) is 0 Å². The molecule has 0 saturated heterocycles. The van der Waals surface area contributed by atoms with Gasteiger partial charge in [0, 0.05) is 6.54 Å². The predicted octanol–water partition coefficient (Wildman–Crippen LogP) is 2.74. The molecule has 0 radical (unpaired) electrons. The van der Waals surface area contributed by atoms with Crippen LogP contribution in [0.15, 0.2) is 78.9 Å². The molecule has 176 valence electrons. The Kier molecular flexibility index (Phi) is 6.01. The molecule has 3 aromatic rings. The van der Waals surface area contributed by atoms with Crippen molar-refractivity contribution in [3.05, 3.63) is 95.6 Å². The number of fused-ring (bicyclic) bond motifs is 3. The van der Waals surface area contributed by atoms with Crippen molar-refractivity contribution >= 4 is 23.6 Å². The lowest BCUT2D eigenvalue weighted by atomic mass is 10.0. The summed E-state index contributed by atoms with van der Waals surface area (Å²) in [7, 11) is 1.57. The maximum atomic E-state index is 13.6. The molecule has 1 N–H and O–H groups in total.